The molecule has 1 saturated heterocycles. The lowest BCUT2D eigenvalue weighted by Gasteiger charge is -2.34. The zero-order chi connectivity index (χ0) is 22.7. The van der Waals surface area contributed by atoms with Gasteiger partial charge in [0.15, 0.2) is 5.78 Å². The number of aromatic amines is 1. The van der Waals surface area contributed by atoms with Crippen LogP contribution in [0, 0.1) is 0 Å². The minimum atomic E-state index is -3.69. The van der Waals surface area contributed by atoms with Gasteiger partial charge in [0.05, 0.1) is 10.6 Å². The summed E-state index contributed by atoms with van der Waals surface area (Å²) in [7, 11) is -3.69. The highest BCUT2D eigenvalue weighted by atomic mass is 32.2. The van der Waals surface area contributed by atoms with Gasteiger partial charge in [-0.1, -0.05) is 23.9 Å². The molecule has 3 aromatic rings. The van der Waals surface area contributed by atoms with Crippen molar-refractivity contribution in [2.45, 2.75) is 17.0 Å². The third kappa shape index (κ3) is 4.76. The van der Waals surface area contributed by atoms with Gasteiger partial charge in [0.2, 0.25) is 15.9 Å². The highest BCUT2D eigenvalue weighted by Gasteiger charge is 2.30. The molecule has 1 aliphatic rings. The largest absolute Gasteiger partial charge is 0.410 e. The summed E-state index contributed by atoms with van der Waals surface area (Å²) in [5.74, 6) is 0.212. The number of hydrogen-bond acceptors (Lipinski definition) is 8. The van der Waals surface area contributed by atoms with Crippen LogP contribution in [0.15, 0.2) is 57.1 Å². The first kappa shape index (κ1) is 22.2. The monoisotopic (exact) mass is 475 g/mol. The molecule has 1 fully saturated rings. The van der Waals surface area contributed by atoms with E-state index in [1.54, 1.807) is 17.2 Å². The molecule has 4 rings (SSSR count). The zero-order valence-electron chi connectivity index (χ0n) is 17.2. The van der Waals surface area contributed by atoms with Crippen LogP contribution in [0.5, 0.6) is 0 Å². The predicted octanol–water partition coefficient (Wildman–Crippen LogP) is 1.89. The van der Waals surface area contributed by atoms with Crippen LogP contribution in [-0.4, -0.2) is 76.4 Å². The van der Waals surface area contributed by atoms with Gasteiger partial charge in [-0.2, -0.15) is 4.31 Å². The Bertz CT molecular complexity index is 1200. The number of amides is 1. The summed E-state index contributed by atoms with van der Waals surface area (Å²) in [6.07, 6.45) is 1.75. The van der Waals surface area contributed by atoms with Crippen molar-refractivity contribution in [1.82, 2.24) is 24.4 Å². The summed E-state index contributed by atoms with van der Waals surface area (Å²) >= 11 is 1.14. The van der Waals surface area contributed by atoms with Gasteiger partial charge >= 0.3 is 0 Å². The van der Waals surface area contributed by atoms with E-state index in [4.69, 9.17) is 4.42 Å². The Kier molecular flexibility index (Phi) is 6.44. The summed E-state index contributed by atoms with van der Waals surface area (Å²) in [5, 5.41) is 8.17. The van der Waals surface area contributed by atoms with Crippen molar-refractivity contribution in [2.24, 2.45) is 0 Å². The molecule has 1 N–H and O–H groups in total. The number of benzene rings is 1. The fourth-order valence-corrected chi connectivity index (χ4v) is 5.33. The fourth-order valence-electron chi connectivity index (χ4n) is 3.24. The van der Waals surface area contributed by atoms with Crippen molar-refractivity contribution in [1.29, 1.82) is 0 Å². The van der Waals surface area contributed by atoms with E-state index in [9.17, 15) is 18.0 Å². The molecule has 2 aromatic heterocycles. The standard InChI is InChI=1S/C20H21N5O5S2/c1-14(26)15-4-6-16(7-5-15)32(28,29)25-11-9-24(10-12-25)18(27)13-31-20-23-22-19(30-20)17-3-2-8-21-17/h2-8,21H,9-13H2,1H3. The van der Waals surface area contributed by atoms with Gasteiger partial charge in [0, 0.05) is 37.9 Å². The number of carbonyl (C=O) groups is 2. The number of hydrogen-bond donors (Lipinski definition) is 1. The summed E-state index contributed by atoms with van der Waals surface area (Å²) in [6, 6.07) is 9.50. The molecule has 0 spiro atoms. The van der Waals surface area contributed by atoms with Gasteiger partial charge in [-0.15, -0.1) is 10.2 Å². The molecule has 12 heteroatoms. The van der Waals surface area contributed by atoms with Crippen molar-refractivity contribution in [2.75, 3.05) is 31.9 Å². The van der Waals surface area contributed by atoms with Crippen LogP contribution < -0.4 is 0 Å². The molecule has 168 valence electrons. The normalized spacial score (nSPS) is 15.1. The molecule has 1 aliphatic heterocycles. The van der Waals surface area contributed by atoms with E-state index in [0.29, 0.717) is 30.2 Å². The fraction of sp³-hybridized carbons (Fsp3) is 0.300. The third-order valence-electron chi connectivity index (χ3n) is 5.04. The minimum Gasteiger partial charge on any atom is -0.410 e. The molecule has 0 bridgehead atoms. The maximum atomic E-state index is 12.9. The summed E-state index contributed by atoms with van der Waals surface area (Å²) in [5.41, 5.74) is 1.15. The number of sulfonamides is 1. The SMILES string of the molecule is CC(=O)c1ccc(S(=O)(=O)N2CCN(C(=O)CSc3nnc(-c4ccc[nH]4)o3)CC2)cc1. The van der Waals surface area contributed by atoms with E-state index in [1.807, 2.05) is 6.07 Å². The quantitative estimate of drug-likeness (QED) is 0.405. The Morgan fingerprint density at radius 2 is 1.81 bits per heavy atom. The third-order valence-corrected chi connectivity index (χ3v) is 7.76. The number of ketones is 1. The van der Waals surface area contributed by atoms with E-state index in [2.05, 4.69) is 15.2 Å². The molecule has 1 amide bonds. The van der Waals surface area contributed by atoms with Gasteiger partial charge in [-0.05, 0) is 31.2 Å². The zero-order valence-corrected chi connectivity index (χ0v) is 18.9. The van der Waals surface area contributed by atoms with Crippen LogP contribution in [0.25, 0.3) is 11.6 Å². The highest BCUT2D eigenvalue weighted by molar-refractivity contribution is 7.99. The lowest BCUT2D eigenvalue weighted by Crippen LogP contribution is -2.50. The summed E-state index contributed by atoms with van der Waals surface area (Å²) < 4.78 is 32.6. The van der Waals surface area contributed by atoms with E-state index in [1.165, 1.54) is 35.5 Å². The number of piperazine rings is 1. The Balaban J connectivity index is 1.30. The van der Waals surface area contributed by atoms with Gasteiger partial charge in [0.25, 0.3) is 11.1 Å². The molecular formula is C20H21N5O5S2. The van der Waals surface area contributed by atoms with Gasteiger partial charge in [-0.3, -0.25) is 9.59 Å². The highest BCUT2D eigenvalue weighted by Crippen LogP contribution is 2.23. The lowest BCUT2D eigenvalue weighted by atomic mass is 10.2. The number of nitrogens with one attached hydrogen (secondary N) is 1. The second kappa shape index (κ2) is 9.27. The molecule has 3 heterocycles. The Morgan fingerprint density at radius 1 is 1.09 bits per heavy atom. The van der Waals surface area contributed by atoms with E-state index >= 15 is 0 Å². The molecule has 0 atom stereocenters. The van der Waals surface area contributed by atoms with Crippen LogP contribution in [0.1, 0.15) is 17.3 Å². The van der Waals surface area contributed by atoms with E-state index < -0.39 is 10.0 Å². The van der Waals surface area contributed by atoms with Crippen molar-refractivity contribution in [3.8, 4) is 11.6 Å². The van der Waals surface area contributed by atoms with Gasteiger partial charge in [0.1, 0.15) is 5.69 Å². The van der Waals surface area contributed by atoms with E-state index in [0.717, 1.165) is 11.8 Å². The molecular weight excluding hydrogens is 454 g/mol. The van der Waals surface area contributed by atoms with Crippen molar-refractivity contribution >= 4 is 33.5 Å². The van der Waals surface area contributed by atoms with Gasteiger partial charge < -0.3 is 14.3 Å². The predicted molar refractivity (Wildman–Crippen MR) is 117 cm³/mol. The number of nitrogens with zero attached hydrogens (tertiary/aromatic N) is 4. The average molecular weight is 476 g/mol. The van der Waals surface area contributed by atoms with Crippen LogP contribution >= 0.6 is 11.8 Å². The molecule has 0 aliphatic carbocycles. The number of H-pyrrole nitrogens is 1. The Labute approximate surface area is 189 Å². The number of carbonyl (C=O) groups excluding carboxylic acids is 2. The first-order valence-corrected chi connectivity index (χ1v) is 12.3. The smallest absolute Gasteiger partial charge is 0.277 e. The topological polar surface area (TPSA) is 129 Å². The van der Waals surface area contributed by atoms with Crippen LogP contribution in [0.2, 0.25) is 0 Å². The molecule has 0 saturated carbocycles. The second-order valence-corrected chi connectivity index (χ2v) is 9.98. The van der Waals surface area contributed by atoms with Crippen LogP contribution in [-0.2, 0) is 14.8 Å². The number of thioether (sulfide) groups is 1. The Morgan fingerprint density at radius 3 is 2.44 bits per heavy atom. The lowest BCUT2D eigenvalue weighted by molar-refractivity contribution is -0.129. The first-order valence-electron chi connectivity index (χ1n) is 9.83. The molecule has 32 heavy (non-hydrogen) atoms. The van der Waals surface area contributed by atoms with Crippen molar-refractivity contribution < 1.29 is 22.4 Å². The van der Waals surface area contributed by atoms with Crippen LogP contribution in [0.4, 0.5) is 0 Å². The number of Topliss-reactive ketones (excluding diaryl/α,β-unsaturated/α-hetero) is 1. The average Bonchev–Trinajstić information content (AvgIpc) is 3.49. The maximum Gasteiger partial charge on any atom is 0.277 e. The molecule has 0 unspecified atom stereocenters. The van der Waals surface area contributed by atoms with Crippen LogP contribution in [0.3, 0.4) is 0 Å². The summed E-state index contributed by atoms with van der Waals surface area (Å²) in [6.45, 7) is 2.41. The maximum absolute atomic E-state index is 12.9. The minimum absolute atomic E-state index is 0.117. The molecule has 1 aromatic carbocycles. The number of aromatic nitrogens is 3. The van der Waals surface area contributed by atoms with Crippen molar-refractivity contribution in [3.63, 3.8) is 0 Å². The second-order valence-electron chi connectivity index (χ2n) is 7.11. The first-order chi connectivity index (χ1) is 15.3. The molecule has 0 radical (unpaired) electrons. The van der Waals surface area contributed by atoms with E-state index in [-0.39, 0.29) is 40.7 Å². The van der Waals surface area contributed by atoms with Gasteiger partial charge in [-0.25, -0.2) is 8.42 Å². The van der Waals surface area contributed by atoms with Crippen molar-refractivity contribution in [3.05, 3.63) is 48.2 Å². The number of rotatable bonds is 7. The molecule has 10 nitrogen and oxygen atoms in total. The Hall–Kier alpha value is -2.96. The summed E-state index contributed by atoms with van der Waals surface area (Å²) in [4.78, 5) is 28.7.